The van der Waals surface area contributed by atoms with Gasteiger partial charge < -0.3 is 14.7 Å². The van der Waals surface area contributed by atoms with Crippen molar-refractivity contribution >= 4 is 20.1 Å². The number of ether oxygens (including phenoxy) is 1. The fourth-order valence-electron chi connectivity index (χ4n) is 2.78. The van der Waals surface area contributed by atoms with Gasteiger partial charge in [-0.05, 0) is 12.0 Å². The highest BCUT2D eigenvalue weighted by molar-refractivity contribution is 7.37. The Labute approximate surface area is 161 Å². The Morgan fingerprint density at radius 2 is 1.74 bits per heavy atom. The maximum atomic E-state index is 12.4. The number of hydrogen-bond acceptors (Lipinski definition) is 4. The lowest BCUT2D eigenvalue weighted by Crippen LogP contribution is -2.45. The van der Waals surface area contributed by atoms with Crippen LogP contribution in [0.5, 0.6) is 0 Å². The van der Waals surface area contributed by atoms with Crippen molar-refractivity contribution < 1.29 is 28.9 Å². The van der Waals surface area contributed by atoms with Crippen molar-refractivity contribution in [2.75, 3.05) is 6.29 Å². The number of benzene rings is 1. The van der Waals surface area contributed by atoms with Gasteiger partial charge in [-0.15, -0.1) is 0 Å². The van der Waals surface area contributed by atoms with E-state index in [9.17, 15) is 24.2 Å². The SMILES string of the molecule is CCCCCCCCC(C(=O)O)N(C[PH](=O)O)C(=O)OCc1ccccc1. The molecule has 152 valence electrons. The van der Waals surface area contributed by atoms with Crippen LogP contribution in [0.25, 0.3) is 0 Å². The number of amides is 1. The van der Waals surface area contributed by atoms with E-state index in [2.05, 4.69) is 6.92 Å². The zero-order chi connectivity index (χ0) is 20.1. The number of aliphatic carboxylic acids is 1. The monoisotopic (exact) mass is 399 g/mol. The van der Waals surface area contributed by atoms with Gasteiger partial charge in [0.2, 0.25) is 8.03 Å². The highest BCUT2D eigenvalue weighted by atomic mass is 31.1. The second-order valence-electron chi connectivity index (χ2n) is 6.47. The summed E-state index contributed by atoms with van der Waals surface area (Å²) < 4.78 is 16.5. The summed E-state index contributed by atoms with van der Waals surface area (Å²) in [6, 6.07) is 7.81. The molecule has 1 aromatic rings. The van der Waals surface area contributed by atoms with Crippen LogP contribution in [0.3, 0.4) is 0 Å². The summed E-state index contributed by atoms with van der Waals surface area (Å²) in [4.78, 5) is 34.2. The van der Waals surface area contributed by atoms with Crippen LogP contribution in [0.4, 0.5) is 4.79 Å². The Morgan fingerprint density at radius 3 is 2.33 bits per heavy atom. The van der Waals surface area contributed by atoms with Crippen molar-refractivity contribution in [1.82, 2.24) is 4.90 Å². The highest BCUT2D eigenvalue weighted by Crippen LogP contribution is 2.22. The third-order valence-corrected chi connectivity index (χ3v) is 4.85. The normalized spacial score (nSPS) is 13.0. The van der Waals surface area contributed by atoms with Gasteiger partial charge in [0.1, 0.15) is 12.6 Å². The molecular formula is C19H30NO6P. The minimum Gasteiger partial charge on any atom is -0.480 e. The largest absolute Gasteiger partial charge is 0.480 e. The summed E-state index contributed by atoms with van der Waals surface area (Å²) in [7, 11) is -3.07. The Balaban J connectivity index is 2.66. The number of carboxylic acids is 1. The van der Waals surface area contributed by atoms with E-state index < -0.39 is 32.4 Å². The Kier molecular flexibility index (Phi) is 11.5. The van der Waals surface area contributed by atoms with Gasteiger partial charge in [-0.3, -0.25) is 9.46 Å². The van der Waals surface area contributed by atoms with Crippen molar-refractivity contribution in [3.05, 3.63) is 35.9 Å². The molecule has 1 rings (SSSR count). The molecule has 7 nitrogen and oxygen atoms in total. The minimum atomic E-state index is -3.07. The minimum absolute atomic E-state index is 0.0219. The second-order valence-corrected chi connectivity index (χ2v) is 7.58. The van der Waals surface area contributed by atoms with Gasteiger partial charge in [-0.1, -0.05) is 75.8 Å². The van der Waals surface area contributed by atoms with E-state index >= 15 is 0 Å². The van der Waals surface area contributed by atoms with E-state index in [4.69, 9.17) is 4.74 Å². The standard InChI is InChI=1S/C19H30NO6P/c1-2-3-4-5-6-10-13-17(18(21)22)20(15-27(24)25)19(23)26-14-16-11-8-7-9-12-16/h7-9,11-12,17,27H,2-6,10,13-15H2,1H3,(H,21,22)(H,24,25). The summed E-state index contributed by atoms with van der Waals surface area (Å²) in [5.41, 5.74) is 0.755. The molecule has 0 radical (unpaired) electrons. The van der Waals surface area contributed by atoms with Gasteiger partial charge in [0.05, 0.1) is 6.29 Å². The maximum absolute atomic E-state index is 12.4. The highest BCUT2D eigenvalue weighted by Gasteiger charge is 2.31. The predicted molar refractivity (Wildman–Crippen MR) is 104 cm³/mol. The molecule has 0 bridgehead atoms. The van der Waals surface area contributed by atoms with Crippen molar-refractivity contribution in [2.45, 2.75) is 64.5 Å². The van der Waals surface area contributed by atoms with Gasteiger partial charge in [0, 0.05) is 0 Å². The quantitative estimate of drug-likeness (QED) is 0.379. The summed E-state index contributed by atoms with van der Waals surface area (Å²) in [6.07, 6.45) is 4.71. The number of rotatable bonds is 13. The molecule has 2 unspecified atom stereocenters. The lowest BCUT2D eigenvalue weighted by Gasteiger charge is -2.27. The number of hydrogen-bond donors (Lipinski definition) is 2. The molecule has 0 spiro atoms. The molecule has 0 saturated carbocycles. The van der Waals surface area contributed by atoms with Crippen LogP contribution >= 0.6 is 8.03 Å². The summed E-state index contributed by atoms with van der Waals surface area (Å²) >= 11 is 0. The molecule has 2 N–H and O–H groups in total. The summed E-state index contributed by atoms with van der Waals surface area (Å²) in [5, 5.41) is 9.51. The van der Waals surface area contributed by atoms with E-state index in [-0.39, 0.29) is 13.0 Å². The van der Waals surface area contributed by atoms with E-state index in [1.54, 1.807) is 24.3 Å². The second kappa shape index (κ2) is 13.3. The molecule has 8 heteroatoms. The fourth-order valence-corrected chi connectivity index (χ4v) is 3.42. The number of carbonyl (C=O) groups excluding carboxylic acids is 1. The Morgan fingerprint density at radius 1 is 1.11 bits per heavy atom. The maximum Gasteiger partial charge on any atom is 0.411 e. The molecular weight excluding hydrogens is 369 g/mol. The van der Waals surface area contributed by atoms with Gasteiger partial charge in [0.25, 0.3) is 0 Å². The molecule has 0 aromatic heterocycles. The lowest BCUT2D eigenvalue weighted by molar-refractivity contribution is -0.142. The number of unbranched alkanes of at least 4 members (excludes halogenated alkanes) is 5. The number of carbonyl (C=O) groups is 2. The third kappa shape index (κ3) is 9.59. The van der Waals surface area contributed by atoms with Crippen molar-refractivity contribution in [3.8, 4) is 0 Å². The molecule has 0 heterocycles. The molecule has 2 atom stereocenters. The van der Waals surface area contributed by atoms with Crippen LogP contribution in [0.15, 0.2) is 30.3 Å². The first-order chi connectivity index (χ1) is 13.0. The molecule has 0 aliphatic carbocycles. The van der Waals surface area contributed by atoms with Gasteiger partial charge in [-0.25, -0.2) is 9.59 Å². The third-order valence-electron chi connectivity index (χ3n) is 4.24. The van der Waals surface area contributed by atoms with Crippen LogP contribution in [-0.4, -0.2) is 39.3 Å². The topological polar surface area (TPSA) is 104 Å². The summed E-state index contributed by atoms with van der Waals surface area (Å²) in [5.74, 6) is -1.19. The molecule has 27 heavy (non-hydrogen) atoms. The van der Waals surface area contributed by atoms with Crippen LogP contribution in [0.2, 0.25) is 0 Å². The van der Waals surface area contributed by atoms with Crippen LogP contribution in [0, 0.1) is 0 Å². The molecule has 1 aromatic carbocycles. The predicted octanol–water partition coefficient (Wildman–Crippen LogP) is 4.25. The van der Waals surface area contributed by atoms with Crippen molar-refractivity contribution in [3.63, 3.8) is 0 Å². The van der Waals surface area contributed by atoms with Crippen LogP contribution in [0.1, 0.15) is 57.4 Å². The molecule has 0 fully saturated rings. The molecule has 1 amide bonds. The average molecular weight is 399 g/mol. The first-order valence-corrected chi connectivity index (χ1v) is 10.9. The zero-order valence-electron chi connectivity index (χ0n) is 15.8. The number of nitrogens with zero attached hydrogens (tertiary/aromatic N) is 1. The average Bonchev–Trinajstić information content (AvgIpc) is 2.64. The Bertz CT molecular complexity index is 595. The number of carboxylic acid groups (broad SMARTS) is 1. The van der Waals surface area contributed by atoms with Gasteiger partial charge >= 0.3 is 12.1 Å². The molecule has 0 aliphatic rings. The van der Waals surface area contributed by atoms with Crippen LogP contribution < -0.4 is 0 Å². The molecule has 0 saturated heterocycles. The van der Waals surface area contributed by atoms with Crippen LogP contribution in [-0.2, 0) is 20.7 Å². The first kappa shape index (κ1) is 23.2. The fraction of sp³-hybridized carbons (Fsp3) is 0.579. The van der Waals surface area contributed by atoms with Crippen molar-refractivity contribution in [2.24, 2.45) is 0 Å². The summed E-state index contributed by atoms with van der Waals surface area (Å²) in [6.45, 7) is 2.10. The van der Waals surface area contributed by atoms with E-state index in [1.165, 1.54) is 0 Å². The van der Waals surface area contributed by atoms with E-state index in [1.807, 2.05) is 6.07 Å². The first-order valence-electron chi connectivity index (χ1n) is 9.37. The zero-order valence-corrected chi connectivity index (χ0v) is 16.8. The Hall–Kier alpha value is -1.85. The van der Waals surface area contributed by atoms with E-state index in [0.717, 1.165) is 42.6 Å². The van der Waals surface area contributed by atoms with E-state index in [0.29, 0.717) is 6.42 Å². The molecule has 0 aliphatic heterocycles. The van der Waals surface area contributed by atoms with Crippen molar-refractivity contribution in [1.29, 1.82) is 0 Å². The smallest absolute Gasteiger partial charge is 0.411 e. The lowest BCUT2D eigenvalue weighted by atomic mass is 10.1. The van der Waals surface area contributed by atoms with Gasteiger partial charge in [-0.2, -0.15) is 0 Å². The van der Waals surface area contributed by atoms with Gasteiger partial charge in [0.15, 0.2) is 0 Å².